The van der Waals surface area contributed by atoms with Crippen LogP contribution in [0, 0.1) is 0 Å². The lowest BCUT2D eigenvalue weighted by Crippen LogP contribution is -2.14. The minimum absolute atomic E-state index is 0.494. The number of benzene rings is 1. The summed E-state index contributed by atoms with van der Waals surface area (Å²) in [6, 6.07) is 11.9. The third kappa shape index (κ3) is 3.48. The molecule has 0 aliphatic rings. The van der Waals surface area contributed by atoms with Crippen LogP contribution >= 0.6 is 15.9 Å². The maximum absolute atomic E-state index is 10.4. The quantitative estimate of drug-likeness (QED) is 0.665. The number of anilines is 4. The van der Waals surface area contributed by atoms with Crippen LogP contribution in [0.3, 0.4) is 0 Å². The van der Waals surface area contributed by atoms with Crippen LogP contribution in [0.15, 0.2) is 71.7 Å². The zero-order valence-electron chi connectivity index (χ0n) is 11.9. The molecule has 0 atom stereocenters. The van der Waals surface area contributed by atoms with Gasteiger partial charge in [-0.25, -0.2) is 10.1 Å². The molecule has 0 saturated carbocycles. The summed E-state index contributed by atoms with van der Waals surface area (Å²) in [4.78, 5) is 7.85. The summed E-state index contributed by atoms with van der Waals surface area (Å²) < 4.78 is 0.714. The molecule has 0 aliphatic carbocycles. The molecule has 0 radical (unpaired) electrons. The Bertz CT molecular complexity index is 723. The molecule has 0 fully saturated rings. The summed E-state index contributed by atoms with van der Waals surface area (Å²) in [5.74, 6) is 0. The van der Waals surface area contributed by atoms with Crippen LogP contribution in [0.4, 0.5) is 22.7 Å². The fourth-order valence-corrected chi connectivity index (χ4v) is 2.54. The van der Waals surface area contributed by atoms with Crippen LogP contribution in [-0.2, 0) is 0 Å². The highest BCUT2D eigenvalue weighted by atomic mass is 79.9. The Balaban J connectivity index is 1.96. The second-order valence-electron chi connectivity index (χ2n) is 4.70. The van der Waals surface area contributed by atoms with Gasteiger partial charge in [0.2, 0.25) is 0 Å². The third-order valence-electron chi connectivity index (χ3n) is 3.17. The van der Waals surface area contributed by atoms with Crippen LogP contribution in [-0.4, -0.2) is 20.4 Å². The summed E-state index contributed by atoms with van der Waals surface area (Å²) >= 11 is 3.39. The number of pyridine rings is 2. The van der Waals surface area contributed by atoms with E-state index in [9.17, 15) is 10.4 Å². The second-order valence-corrected chi connectivity index (χ2v) is 5.62. The van der Waals surface area contributed by atoms with Crippen LogP contribution in [0.25, 0.3) is 0 Å². The molecule has 7 heteroatoms. The number of hydrogen-bond acceptors (Lipinski definition) is 6. The highest BCUT2D eigenvalue weighted by Gasteiger charge is 2.12. The molecule has 2 N–H and O–H groups in total. The molecule has 0 unspecified atom stereocenters. The Hall–Kier alpha value is -2.48. The van der Waals surface area contributed by atoms with Crippen molar-refractivity contribution in [2.75, 3.05) is 10.1 Å². The first-order valence-electron chi connectivity index (χ1n) is 6.74. The van der Waals surface area contributed by atoms with Crippen molar-refractivity contribution in [2.45, 2.75) is 0 Å². The predicted molar refractivity (Wildman–Crippen MR) is 90.5 cm³/mol. The van der Waals surface area contributed by atoms with Gasteiger partial charge < -0.3 is 0 Å². The maximum Gasteiger partial charge on any atom is 0.0725 e. The molecule has 2 heterocycles. The molecule has 2 aromatic heterocycles. The van der Waals surface area contributed by atoms with Crippen molar-refractivity contribution in [2.24, 2.45) is 0 Å². The standard InChI is InChI=1S/C16H13BrN4O2/c17-12-9-15(20(22)13-1-5-18-6-2-13)11-16(10-12)21(23)14-3-7-19-8-4-14/h1-11,22-23H. The van der Waals surface area contributed by atoms with E-state index in [0.717, 1.165) is 10.1 Å². The van der Waals surface area contributed by atoms with Crippen LogP contribution in [0.5, 0.6) is 0 Å². The lowest BCUT2D eigenvalue weighted by atomic mass is 10.2. The van der Waals surface area contributed by atoms with Gasteiger partial charge in [0.05, 0.1) is 22.7 Å². The van der Waals surface area contributed by atoms with E-state index in [1.54, 1.807) is 67.3 Å². The Kier molecular flexibility index (Phi) is 4.52. The van der Waals surface area contributed by atoms with E-state index in [1.807, 2.05) is 0 Å². The molecule has 116 valence electrons. The average Bonchev–Trinajstić information content (AvgIpc) is 2.61. The van der Waals surface area contributed by atoms with E-state index in [-0.39, 0.29) is 0 Å². The minimum Gasteiger partial charge on any atom is -0.284 e. The molecular formula is C16H13BrN4O2. The molecule has 1 aromatic carbocycles. The monoisotopic (exact) mass is 372 g/mol. The molecule has 0 aliphatic heterocycles. The van der Waals surface area contributed by atoms with Crippen molar-refractivity contribution in [3.05, 3.63) is 71.7 Å². The minimum atomic E-state index is 0.494. The highest BCUT2D eigenvalue weighted by Crippen LogP contribution is 2.33. The normalized spacial score (nSPS) is 10.4. The van der Waals surface area contributed by atoms with Crippen molar-refractivity contribution in [3.8, 4) is 0 Å². The number of hydrogen-bond donors (Lipinski definition) is 2. The van der Waals surface area contributed by atoms with Gasteiger partial charge in [-0.15, -0.1) is 0 Å². The molecule has 0 amide bonds. The molecule has 3 rings (SSSR count). The fraction of sp³-hybridized carbons (Fsp3) is 0. The van der Waals surface area contributed by atoms with E-state index in [1.165, 1.54) is 0 Å². The van der Waals surface area contributed by atoms with Gasteiger partial charge in [-0.3, -0.25) is 20.4 Å². The van der Waals surface area contributed by atoms with Gasteiger partial charge in [-0.2, -0.15) is 0 Å². The van der Waals surface area contributed by atoms with Crippen molar-refractivity contribution in [3.63, 3.8) is 0 Å². The first-order valence-corrected chi connectivity index (χ1v) is 7.53. The fourth-order valence-electron chi connectivity index (χ4n) is 2.07. The SMILES string of the molecule is ON(c1ccncc1)c1cc(Br)cc(N(O)c2ccncc2)c1. The molecule has 23 heavy (non-hydrogen) atoms. The molecule has 0 bridgehead atoms. The van der Waals surface area contributed by atoms with Gasteiger partial charge in [0.1, 0.15) is 0 Å². The summed E-state index contributed by atoms with van der Waals surface area (Å²) in [5, 5.41) is 22.8. The second kappa shape index (κ2) is 6.74. The maximum atomic E-state index is 10.4. The number of rotatable bonds is 4. The van der Waals surface area contributed by atoms with Crippen LogP contribution in [0.1, 0.15) is 0 Å². The molecule has 0 spiro atoms. The summed E-state index contributed by atoms with van der Waals surface area (Å²) in [6.45, 7) is 0. The topological polar surface area (TPSA) is 72.7 Å². The zero-order chi connectivity index (χ0) is 16.2. The predicted octanol–water partition coefficient (Wildman–Crippen LogP) is 4.29. The van der Waals surface area contributed by atoms with Gasteiger partial charge >= 0.3 is 0 Å². The third-order valence-corrected chi connectivity index (χ3v) is 3.63. The van der Waals surface area contributed by atoms with E-state index >= 15 is 0 Å². The van der Waals surface area contributed by atoms with Gasteiger partial charge in [0.15, 0.2) is 0 Å². The van der Waals surface area contributed by atoms with Crippen molar-refractivity contribution in [1.82, 2.24) is 9.97 Å². The smallest absolute Gasteiger partial charge is 0.0725 e. The van der Waals surface area contributed by atoms with Gasteiger partial charge in [0, 0.05) is 29.3 Å². The Morgan fingerprint density at radius 2 is 1.04 bits per heavy atom. The van der Waals surface area contributed by atoms with Gasteiger partial charge in [-0.05, 0) is 42.5 Å². The molecule has 0 saturated heterocycles. The number of aromatic nitrogens is 2. The number of nitrogens with zero attached hydrogens (tertiary/aromatic N) is 4. The molecule has 3 aromatic rings. The Morgan fingerprint density at radius 1 is 0.652 bits per heavy atom. The van der Waals surface area contributed by atoms with Gasteiger partial charge in [0.25, 0.3) is 0 Å². The van der Waals surface area contributed by atoms with Gasteiger partial charge in [-0.1, -0.05) is 15.9 Å². The zero-order valence-corrected chi connectivity index (χ0v) is 13.5. The van der Waals surface area contributed by atoms with E-state index < -0.39 is 0 Å². The summed E-state index contributed by atoms with van der Waals surface area (Å²) in [7, 11) is 0. The summed E-state index contributed by atoms with van der Waals surface area (Å²) in [6.07, 6.45) is 6.36. The highest BCUT2D eigenvalue weighted by molar-refractivity contribution is 9.10. The first-order chi connectivity index (χ1) is 11.1. The summed E-state index contributed by atoms with van der Waals surface area (Å²) in [5.41, 5.74) is 2.12. The first kappa shape index (κ1) is 15.4. The van der Waals surface area contributed by atoms with E-state index in [2.05, 4.69) is 25.9 Å². The number of halogens is 1. The lowest BCUT2D eigenvalue weighted by Gasteiger charge is -2.21. The van der Waals surface area contributed by atoms with Crippen molar-refractivity contribution < 1.29 is 10.4 Å². The van der Waals surface area contributed by atoms with Crippen LogP contribution < -0.4 is 10.1 Å². The Labute approximate surface area is 141 Å². The molecule has 6 nitrogen and oxygen atoms in total. The van der Waals surface area contributed by atoms with E-state index in [0.29, 0.717) is 27.2 Å². The largest absolute Gasteiger partial charge is 0.284 e. The van der Waals surface area contributed by atoms with Crippen molar-refractivity contribution in [1.29, 1.82) is 0 Å². The lowest BCUT2D eigenvalue weighted by molar-refractivity contribution is 0.297. The van der Waals surface area contributed by atoms with Crippen LogP contribution in [0.2, 0.25) is 0 Å². The average molecular weight is 373 g/mol. The van der Waals surface area contributed by atoms with Crippen molar-refractivity contribution >= 4 is 38.7 Å². The Morgan fingerprint density at radius 3 is 1.43 bits per heavy atom. The van der Waals surface area contributed by atoms with E-state index in [4.69, 9.17) is 0 Å². The molecular weight excluding hydrogens is 360 g/mol.